The Labute approximate surface area is 98.2 Å². The van der Waals surface area contributed by atoms with Crippen LogP contribution < -0.4 is 4.74 Å². The quantitative estimate of drug-likeness (QED) is 0.850. The molecule has 6 heteroatoms. The summed E-state index contributed by atoms with van der Waals surface area (Å²) in [5, 5.41) is 0. The zero-order valence-corrected chi connectivity index (χ0v) is 9.41. The number of benzene rings is 1. The largest absolute Gasteiger partial charge is 0.438 e. The van der Waals surface area contributed by atoms with Gasteiger partial charge < -0.3 is 4.74 Å². The third-order valence-corrected chi connectivity index (χ3v) is 2.23. The average molecular weight is 287 g/mol. The van der Waals surface area contributed by atoms with Gasteiger partial charge in [0.1, 0.15) is 23.7 Å². The van der Waals surface area contributed by atoms with E-state index >= 15 is 0 Å². The molecule has 0 fully saturated rings. The van der Waals surface area contributed by atoms with E-state index in [0.717, 1.165) is 18.2 Å². The summed E-state index contributed by atoms with van der Waals surface area (Å²) in [6.07, 6.45) is 2.74. The molecule has 1 heterocycles. The Bertz CT molecular complexity index is 502. The van der Waals surface area contributed by atoms with Gasteiger partial charge in [-0.3, -0.25) is 0 Å². The maximum atomic E-state index is 12.9. The Morgan fingerprint density at radius 3 is 2.44 bits per heavy atom. The molecule has 0 radical (unpaired) electrons. The molecule has 2 aromatic rings. The Morgan fingerprint density at radius 1 is 1.12 bits per heavy atom. The first kappa shape index (κ1) is 10.9. The molecule has 0 aliphatic carbocycles. The standard InChI is InChI=1S/C10H5BrF2N2O/c11-9-4-14-5-15-10(9)16-8-2-6(12)1-7(13)3-8/h1-5H. The second kappa shape index (κ2) is 4.52. The Kier molecular flexibility index (Phi) is 3.09. The lowest BCUT2D eigenvalue weighted by Crippen LogP contribution is -1.91. The molecule has 3 nitrogen and oxygen atoms in total. The van der Waals surface area contributed by atoms with Crippen molar-refractivity contribution in [1.29, 1.82) is 0 Å². The van der Waals surface area contributed by atoms with Crippen molar-refractivity contribution in [2.45, 2.75) is 0 Å². The molecule has 1 aromatic heterocycles. The van der Waals surface area contributed by atoms with Crippen molar-refractivity contribution < 1.29 is 13.5 Å². The first-order chi connectivity index (χ1) is 7.65. The number of hydrogen-bond donors (Lipinski definition) is 0. The van der Waals surface area contributed by atoms with Crippen LogP contribution in [-0.2, 0) is 0 Å². The fourth-order valence-corrected chi connectivity index (χ4v) is 1.38. The molecule has 0 aliphatic heterocycles. The van der Waals surface area contributed by atoms with E-state index in [0.29, 0.717) is 4.47 Å². The van der Waals surface area contributed by atoms with Crippen molar-refractivity contribution >= 4 is 15.9 Å². The van der Waals surface area contributed by atoms with Crippen LogP contribution >= 0.6 is 15.9 Å². The number of aromatic nitrogens is 2. The van der Waals surface area contributed by atoms with Gasteiger partial charge >= 0.3 is 0 Å². The molecular weight excluding hydrogens is 282 g/mol. The van der Waals surface area contributed by atoms with Crippen molar-refractivity contribution in [2.24, 2.45) is 0 Å². The minimum absolute atomic E-state index is 0.0388. The SMILES string of the molecule is Fc1cc(F)cc(Oc2ncncc2Br)c1. The highest BCUT2D eigenvalue weighted by Gasteiger charge is 2.06. The van der Waals surface area contributed by atoms with Gasteiger partial charge in [-0.15, -0.1) is 0 Å². The van der Waals surface area contributed by atoms with Gasteiger partial charge in [0.15, 0.2) is 0 Å². The summed E-state index contributed by atoms with van der Waals surface area (Å²) >= 11 is 3.15. The van der Waals surface area contributed by atoms with Crippen LogP contribution in [0.25, 0.3) is 0 Å². The van der Waals surface area contributed by atoms with Crippen molar-refractivity contribution in [2.75, 3.05) is 0 Å². The third kappa shape index (κ3) is 2.52. The van der Waals surface area contributed by atoms with E-state index in [4.69, 9.17) is 4.74 Å². The minimum atomic E-state index is -0.708. The fraction of sp³-hybridized carbons (Fsp3) is 0. The van der Waals surface area contributed by atoms with Gasteiger partial charge in [-0.1, -0.05) is 0 Å². The van der Waals surface area contributed by atoms with Gasteiger partial charge in [-0.05, 0) is 15.9 Å². The molecule has 0 N–H and O–H groups in total. The molecule has 0 bridgehead atoms. The van der Waals surface area contributed by atoms with Crippen LogP contribution in [0.15, 0.2) is 35.2 Å². The summed E-state index contributed by atoms with van der Waals surface area (Å²) in [6.45, 7) is 0. The van der Waals surface area contributed by atoms with E-state index in [2.05, 4.69) is 25.9 Å². The minimum Gasteiger partial charge on any atom is -0.438 e. The predicted molar refractivity (Wildman–Crippen MR) is 56.2 cm³/mol. The molecule has 0 spiro atoms. The van der Waals surface area contributed by atoms with Crippen molar-refractivity contribution in [1.82, 2.24) is 9.97 Å². The molecule has 2 rings (SSSR count). The molecule has 1 aromatic carbocycles. The van der Waals surface area contributed by atoms with E-state index in [1.807, 2.05) is 0 Å². The molecular formula is C10H5BrF2N2O. The number of rotatable bonds is 2. The lowest BCUT2D eigenvalue weighted by atomic mass is 10.3. The van der Waals surface area contributed by atoms with Crippen LogP contribution in [0, 0.1) is 11.6 Å². The maximum Gasteiger partial charge on any atom is 0.236 e. The van der Waals surface area contributed by atoms with E-state index < -0.39 is 11.6 Å². The summed E-state index contributed by atoms with van der Waals surface area (Å²) in [6, 6.07) is 2.90. The van der Waals surface area contributed by atoms with Crippen molar-refractivity contribution in [3.63, 3.8) is 0 Å². The van der Waals surface area contributed by atoms with Gasteiger partial charge in [-0.25, -0.2) is 18.7 Å². The number of hydrogen-bond acceptors (Lipinski definition) is 3. The van der Waals surface area contributed by atoms with Crippen LogP contribution in [0.5, 0.6) is 11.6 Å². The molecule has 82 valence electrons. The molecule has 0 amide bonds. The average Bonchev–Trinajstić information content (AvgIpc) is 2.20. The maximum absolute atomic E-state index is 12.9. The van der Waals surface area contributed by atoms with Crippen molar-refractivity contribution in [3.8, 4) is 11.6 Å². The Balaban J connectivity index is 2.30. The number of ether oxygens (including phenoxy) is 1. The zero-order chi connectivity index (χ0) is 11.5. The molecule has 0 atom stereocenters. The van der Waals surface area contributed by atoms with Gasteiger partial charge in [0.25, 0.3) is 0 Å². The highest BCUT2D eigenvalue weighted by molar-refractivity contribution is 9.10. The predicted octanol–water partition coefficient (Wildman–Crippen LogP) is 3.31. The van der Waals surface area contributed by atoms with Gasteiger partial charge in [0.2, 0.25) is 5.88 Å². The third-order valence-electron chi connectivity index (χ3n) is 1.68. The summed E-state index contributed by atoms with van der Waals surface area (Å²) in [7, 11) is 0. The van der Waals surface area contributed by atoms with Crippen LogP contribution in [0.4, 0.5) is 8.78 Å². The fourth-order valence-electron chi connectivity index (χ4n) is 1.08. The lowest BCUT2D eigenvalue weighted by Gasteiger charge is -2.05. The summed E-state index contributed by atoms with van der Waals surface area (Å²) < 4.78 is 31.4. The summed E-state index contributed by atoms with van der Waals surface area (Å²) in [5.41, 5.74) is 0. The van der Waals surface area contributed by atoms with Gasteiger partial charge in [0.05, 0.1) is 4.47 Å². The van der Waals surface area contributed by atoms with E-state index in [-0.39, 0.29) is 11.6 Å². The highest BCUT2D eigenvalue weighted by atomic mass is 79.9. The van der Waals surface area contributed by atoms with E-state index in [1.165, 1.54) is 12.5 Å². The topological polar surface area (TPSA) is 35.0 Å². The molecule has 0 aliphatic rings. The highest BCUT2D eigenvalue weighted by Crippen LogP contribution is 2.26. The molecule has 0 saturated carbocycles. The first-order valence-corrected chi connectivity index (χ1v) is 5.04. The second-order valence-corrected chi connectivity index (χ2v) is 3.74. The van der Waals surface area contributed by atoms with Crippen LogP contribution in [0.2, 0.25) is 0 Å². The molecule has 0 unspecified atom stereocenters. The van der Waals surface area contributed by atoms with Gasteiger partial charge in [0, 0.05) is 24.4 Å². The van der Waals surface area contributed by atoms with Crippen LogP contribution in [0.3, 0.4) is 0 Å². The monoisotopic (exact) mass is 286 g/mol. The number of halogens is 3. The van der Waals surface area contributed by atoms with Crippen LogP contribution in [0.1, 0.15) is 0 Å². The Morgan fingerprint density at radius 2 is 1.81 bits per heavy atom. The van der Waals surface area contributed by atoms with Crippen LogP contribution in [-0.4, -0.2) is 9.97 Å². The molecule has 16 heavy (non-hydrogen) atoms. The van der Waals surface area contributed by atoms with Gasteiger partial charge in [-0.2, -0.15) is 0 Å². The van der Waals surface area contributed by atoms with E-state index in [1.54, 1.807) is 0 Å². The smallest absolute Gasteiger partial charge is 0.236 e. The molecule has 0 saturated heterocycles. The number of nitrogens with zero attached hydrogens (tertiary/aromatic N) is 2. The first-order valence-electron chi connectivity index (χ1n) is 4.24. The zero-order valence-electron chi connectivity index (χ0n) is 7.82. The summed E-state index contributed by atoms with van der Waals surface area (Å²) in [4.78, 5) is 7.54. The van der Waals surface area contributed by atoms with Crippen molar-refractivity contribution in [3.05, 3.63) is 46.8 Å². The Hall–Kier alpha value is -1.56. The second-order valence-electron chi connectivity index (χ2n) is 2.88. The lowest BCUT2D eigenvalue weighted by molar-refractivity contribution is 0.447. The van der Waals surface area contributed by atoms with E-state index in [9.17, 15) is 8.78 Å². The summed E-state index contributed by atoms with van der Waals surface area (Å²) in [5.74, 6) is -1.18. The normalized spacial score (nSPS) is 10.2.